The Morgan fingerprint density at radius 2 is 2.12 bits per heavy atom. The minimum Gasteiger partial charge on any atom is -0.379 e. The molecule has 0 aliphatic heterocycles. The lowest BCUT2D eigenvalue weighted by Gasteiger charge is -2.34. The summed E-state index contributed by atoms with van der Waals surface area (Å²) in [6, 6.07) is 1.84. The van der Waals surface area contributed by atoms with Crippen molar-refractivity contribution in [2.45, 2.75) is 52.8 Å². The lowest BCUT2D eigenvalue weighted by atomic mass is 9.83. The Morgan fingerprint density at radius 3 is 2.59 bits per heavy atom. The topological polar surface area (TPSA) is 53.1 Å². The summed E-state index contributed by atoms with van der Waals surface area (Å²) in [5.41, 5.74) is 7.38. The third-order valence-corrected chi connectivity index (χ3v) is 2.96. The van der Waals surface area contributed by atoms with Gasteiger partial charge in [0.05, 0.1) is 17.8 Å². The highest BCUT2D eigenvalue weighted by molar-refractivity contribution is 5.10. The van der Waals surface area contributed by atoms with Crippen molar-refractivity contribution in [3.63, 3.8) is 0 Å². The quantitative estimate of drug-likeness (QED) is 0.858. The molecule has 0 aliphatic carbocycles. The maximum absolute atomic E-state index is 6.33. The fraction of sp³-hybridized carbons (Fsp3) is 0.769. The minimum atomic E-state index is -0.144. The number of nitrogens with two attached hydrogens (primary N) is 1. The van der Waals surface area contributed by atoms with E-state index in [1.807, 2.05) is 10.7 Å². The number of ether oxygens (including phenoxy) is 1. The standard InChI is InChI=1S/C13H25N3O/c1-6-9-16-10(7-8-15-16)11(14)12(17-5)13(2,3)4/h7-8,11-12H,6,9,14H2,1-5H3. The van der Waals surface area contributed by atoms with Gasteiger partial charge < -0.3 is 10.5 Å². The normalized spacial score (nSPS) is 15.9. The number of rotatable bonds is 5. The summed E-state index contributed by atoms with van der Waals surface area (Å²) in [5, 5.41) is 4.31. The maximum atomic E-state index is 6.33. The van der Waals surface area contributed by atoms with Gasteiger partial charge in [0.1, 0.15) is 0 Å². The van der Waals surface area contributed by atoms with Gasteiger partial charge in [-0.2, -0.15) is 5.10 Å². The van der Waals surface area contributed by atoms with Crippen molar-refractivity contribution in [2.24, 2.45) is 11.1 Å². The molecule has 0 spiro atoms. The van der Waals surface area contributed by atoms with Crippen LogP contribution in [0.15, 0.2) is 12.3 Å². The molecule has 0 amide bonds. The number of hydrogen-bond acceptors (Lipinski definition) is 3. The van der Waals surface area contributed by atoms with E-state index in [0.717, 1.165) is 18.7 Å². The fourth-order valence-corrected chi connectivity index (χ4v) is 2.22. The van der Waals surface area contributed by atoms with Crippen LogP contribution in [-0.2, 0) is 11.3 Å². The first-order valence-electron chi connectivity index (χ1n) is 6.22. The van der Waals surface area contributed by atoms with Crippen LogP contribution in [0.5, 0.6) is 0 Å². The highest BCUT2D eigenvalue weighted by atomic mass is 16.5. The van der Waals surface area contributed by atoms with E-state index in [0.29, 0.717) is 0 Å². The van der Waals surface area contributed by atoms with Crippen molar-refractivity contribution in [1.29, 1.82) is 0 Å². The zero-order chi connectivity index (χ0) is 13.1. The molecule has 0 bridgehead atoms. The van der Waals surface area contributed by atoms with Crippen LogP contribution in [-0.4, -0.2) is 23.0 Å². The Morgan fingerprint density at radius 1 is 1.47 bits per heavy atom. The summed E-state index contributed by atoms with van der Waals surface area (Å²) in [6.45, 7) is 9.45. The molecule has 1 aromatic heterocycles. The predicted molar refractivity (Wildman–Crippen MR) is 69.7 cm³/mol. The first-order chi connectivity index (χ1) is 7.91. The van der Waals surface area contributed by atoms with Gasteiger partial charge in [0, 0.05) is 19.9 Å². The average Bonchev–Trinajstić information content (AvgIpc) is 2.65. The average molecular weight is 239 g/mol. The second-order valence-corrected chi connectivity index (χ2v) is 5.53. The molecule has 2 unspecified atom stereocenters. The van der Waals surface area contributed by atoms with E-state index in [1.165, 1.54) is 0 Å². The number of methoxy groups -OCH3 is 1. The van der Waals surface area contributed by atoms with Gasteiger partial charge in [-0.1, -0.05) is 27.7 Å². The molecule has 0 radical (unpaired) electrons. The number of nitrogens with zero attached hydrogens (tertiary/aromatic N) is 2. The van der Waals surface area contributed by atoms with Gasteiger partial charge in [-0.3, -0.25) is 4.68 Å². The van der Waals surface area contributed by atoms with Crippen LogP contribution in [0.4, 0.5) is 0 Å². The molecule has 0 aromatic carbocycles. The van der Waals surface area contributed by atoms with Gasteiger partial charge in [0.2, 0.25) is 0 Å². The number of hydrogen-bond donors (Lipinski definition) is 1. The van der Waals surface area contributed by atoms with Gasteiger partial charge in [-0.15, -0.1) is 0 Å². The summed E-state index contributed by atoms with van der Waals surface area (Å²) < 4.78 is 7.54. The molecule has 1 rings (SSSR count). The van der Waals surface area contributed by atoms with E-state index in [-0.39, 0.29) is 17.6 Å². The van der Waals surface area contributed by atoms with Crippen molar-refractivity contribution in [3.8, 4) is 0 Å². The Bertz CT molecular complexity index is 341. The Kier molecular flexibility index (Phi) is 4.71. The molecule has 0 aliphatic rings. The summed E-state index contributed by atoms with van der Waals surface area (Å²) in [4.78, 5) is 0. The second-order valence-electron chi connectivity index (χ2n) is 5.53. The molecule has 2 atom stereocenters. The molecule has 2 N–H and O–H groups in total. The largest absolute Gasteiger partial charge is 0.379 e. The van der Waals surface area contributed by atoms with Gasteiger partial charge in [-0.05, 0) is 17.9 Å². The van der Waals surface area contributed by atoms with Gasteiger partial charge in [0.25, 0.3) is 0 Å². The van der Waals surface area contributed by atoms with Crippen LogP contribution in [0, 0.1) is 5.41 Å². The van der Waals surface area contributed by atoms with Gasteiger partial charge in [0.15, 0.2) is 0 Å². The fourth-order valence-electron chi connectivity index (χ4n) is 2.22. The van der Waals surface area contributed by atoms with E-state index in [1.54, 1.807) is 13.3 Å². The number of aryl methyl sites for hydroxylation is 1. The maximum Gasteiger partial charge on any atom is 0.0827 e. The van der Waals surface area contributed by atoms with Crippen molar-refractivity contribution in [2.75, 3.05) is 7.11 Å². The highest BCUT2D eigenvalue weighted by Crippen LogP contribution is 2.30. The molecule has 4 nitrogen and oxygen atoms in total. The van der Waals surface area contributed by atoms with Crippen LogP contribution >= 0.6 is 0 Å². The third-order valence-electron chi connectivity index (χ3n) is 2.96. The zero-order valence-electron chi connectivity index (χ0n) is 11.6. The summed E-state index contributed by atoms with van der Waals surface area (Å²) >= 11 is 0. The molecule has 0 saturated heterocycles. The molecule has 0 fully saturated rings. The zero-order valence-corrected chi connectivity index (χ0v) is 11.6. The molecule has 4 heteroatoms. The summed E-state index contributed by atoms with van der Waals surface area (Å²) in [6.07, 6.45) is 2.84. The molecule has 17 heavy (non-hydrogen) atoms. The molecular formula is C13H25N3O. The Balaban J connectivity index is 2.93. The summed E-state index contributed by atoms with van der Waals surface area (Å²) in [7, 11) is 1.72. The monoisotopic (exact) mass is 239 g/mol. The van der Waals surface area contributed by atoms with Crippen molar-refractivity contribution in [3.05, 3.63) is 18.0 Å². The smallest absolute Gasteiger partial charge is 0.0827 e. The van der Waals surface area contributed by atoms with E-state index in [2.05, 4.69) is 32.8 Å². The Hall–Kier alpha value is -0.870. The lowest BCUT2D eigenvalue weighted by molar-refractivity contribution is -0.00432. The molecule has 0 saturated carbocycles. The predicted octanol–water partition coefficient (Wildman–Crippen LogP) is 2.35. The minimum absolute atomic E-state index is 0.00941. The SMILES string of the molecule is CCCn1nccc1C(N)C(OC)C(C)(C)C. The first kappa shape index (κ1) is 14.2. The molecule has 1 aromatic rings. The van der Waals surface area contributed by atoms with Gasteiger partial charge >= 0.3 is 0 Å². The molecular weight excluding hydrogens is 214 g/mol. The van der Waals surface area contributed by atoms with Crippen LogP contribution < -0.4 is 5.73 Å². The third kappa shape index (κ3) is 3.30. The summed E-state index contributed by atoms with van der Waals surface area (Å²) in [5.74, 6) is 0. The van der Waals surface area contributed by atoms with Crippen LogP contribution in [0.2, 0.25) is 0 Å². The van der Waals surface area contributed by atoms with Crippen LogP contribution in [0.25, 0.3) is 0 Å². The van der Waals surface area contributed by atoms with Gasteiger partial charge in [-0.25, -0.2) is 0 Å². The van der Waals surface area contributed by atoms with E-state index >= 15 is 0 Å². The van der Waals surface area contributed by atoms with E-state index in [4.69, 9.17) is 10.5 Å². The Labute approximate surface area is 104 Å². The van der Waals surface area contributed by atoms with Crippen LogP contribution in [0.1, 0.15) is 45.9 Å². The van der Waals surface area contributed by atoms with E-state index in [9.17, 15) is 0 Å². The number of aromatic nitrogens is 2. The van der Waals surface area contributed by atoms with Crippen molar-refractivity contribution >= 4 is 0 Å². The second kappa shape index (κ2) is 5.65. The molecule has 1 heterocycles. The van der Waals surface area contributed by atoms with E-state index < -0.39 is 0 Å². The molecule has 98 valence electrons. The highest BCUT2D eigenvalue weighted by Gasteiger charge is 2.32. The first-order valence-corrected chi connectivity index (χ1v) is 6.22. The lowest BCUT2D eigenvalue weighted by Crippen LogP contribution is -2.39. The van der Waals surface area contributed by atoms with Crippen molar-refractivity contribution < 1.29 is 4.74 Å². The van der Waals surface area contributed by atoms with Crippen LogP contribution in [0.3, 0.4) is 0 Å². The van der Waals surface area contributed by atoms with Crippen molar-refractivity contribution in [1.82, 2.24) is 9.78 Å².